The molecule has 0 fully saturated rings. The monoisotopic (exact) mass is 228 g/mol. The fourth-order valence-electron chi connectivity index (χ4n) is 1.79. The number of nitrogen functional groups attached to an aromatic ring is 2. The van der Waals surface area contributed by atoms with Crippen LogP contribution in [-0.4, -0.2) is 6.61 Å². The zero-order valence-corrected chi connectivity index (χ0v) is 9.81. The van der Waals surface area contributed by atoms with Crippen LogP contribution in [0.15, 0.2) is 42.5 Å². The Morgan fingerprint density at radius 1 is 1.06 bits per heavy atom. The van der Waals surface area contributed by atoms with Crippen LogP contribution >= 0.6 is 0 Å². The van der Waals surface area contributed by atoms with Crippen LogP contribution in [0.1, 0.15) is 6.92 Å². The van der Waals surface area contributed by atoms with E-state index in [0.717, 1.165) is 22.6 Å². The van der Waals surface area contributed by atoms with Gasteiger partial charge in [0.05, 0.1) is 12.3 Å². The molecule has 0 aliphatic rings. The van der Waals surface area contributed by atoms with Crippen molar-refractivity contribution >= 4 is 11.4 Å². The van der Waals surface area contributed by atoms with E-state index in [-0.39, 0.29) is 0 Å². The van der Waals surface area contributed by atoms with E-state index in [4.69, 9.17) is 16.2 Å². The minimum absolute atomic E-state index is 0.587. The van der Waals surface area contributed by atoms with Crippen LogP contribution in [-0.2, 0) is 0 Å². The first-order valence-electron chi connectivity index (χ1n) is 5.59. The summed E-state index contributed by atoms with van der Waals surface area (Å²) in [5.41, 5.74) is 15.1. The quantitative estimate of drug-likeness (QED) is 0.794. The number of hydrogen-bond acceptors (Lipinski definition) is 3. The first kappa shape index (κ1) is 11.3. The largest absolute Gasteiger partial charge is 0.491 e. The smallest absolute Gasteiger partial charge is 0.149 e. The van der Waals surface area contributed by atoms with Gasteiger partial charge in [-0.3, -0.25) is 0 Å². The van der Waals surface area contributed by atoms with E-state index in [2.05, 4.69) is 0 Å². The van der Waals surface area contributed by atoms with Crippen molar-refractivity contribution in [3.8, 4) is 16.9 Å². The molecule has 0 aromatic heterocycles. The first-order valence-corrected chi connectivity index (χ1v) is 5.59. The summed E-state index contributed by atoms with van der Waals surface area (Å²) in [6.45, 7) is 2.53. The normalized spacial score (nSPS) is 10.2. The highest BCUT2D eigenvalue weighted by Crippen LogP contribution is 2.35. The van der Waals surface area contributed by atoms with Crippen LogP contribution in [0.5, 0.6) is 5.75 Å². The fourth-order valence-corrected chi connectivity index (χ4v) is 1.79. The molecule has 3 nitrogen and oxygen atoms in total. The van der Waals surface area contributed by atoms with E-state index in [1.807, 2.05) is 49.4 Å². The molecule has 0 amide bonds. The Bertz CT molecular complexity index is 523. The second-order valence-electron chi connectivity index (χ2n) is 3.78. The number of anilines is 2. The van der Waals surface area contributed by atoms with Gasteiger partial charge in [0, 0.05) is 11.3 Å². The highest BCUT2D eigenvalue weighted by atomic mass is 16.5. The molecular weight excluding hydrogens is 212 g/mol. The molecule has 17 heavy (non-hydrogen) atoms. The molecule has 3 heteroatoms. The highest BCUT2D eigenvalue weighted by Gasteiger charge is 2.09. The van der Waals surface area contributed by atoms with Crippen molar-refractivity contribution in [1.29, 1.82) is 0 Å². The van der Waals surface area contributed by atoms with E-state index in [9.17, 15) is 0 Å². The summed E-state index contributed by atoms with van der Waals surface area (Å²) in [7, 11) is 0. The second kappa shape index (κ2) is 4.78. The number of nitrogens with two attached hydrogens (primary N) is 2. The van der Waals surface area contributed by atoms with E-state index in [1.165, 1.54) is 0 Å². The van der Waals surface area contributed by atoms with Crippen molar-refractivity contribution in [2.75, 3.05) is 18.1 Å². The second-order valence-corrected chi connectivity index (χ2v) is 3.78. The van der Waals surface area contributed by atoms with Crippen molar-refractivity contribution in [2.45, 2.75) is 6.92 Å². The highest BCUT2D eigenvalue weighted by molar-refractivity contribution is 5.78. The maximum Gasteiger partial charge on any atom is 0.149 e. The number of benzene rings is 2. The lowest BCUT2D eigenvalue weighted by molar-refractivity contribution is 0.343. The molecule has 0 aliphatic carbocycles. The number of para-hydroxylation sites is 1. The standard InChI is InChI=1S/C14H16N2O/c1-2-17-14-12(7-4-8-13(14)16)10-5-3-6-11(15)9-10/h3-9H,2,15-16H2,1H3. The van der Waals surface area contributed by atoms with Gasteiger partial charge in [-0.2, -0.15) is 0 Å². The molecule has 2 aromatic rings. The SMILES string of the molecule is CCOc1c(N)cccc1-c1cccc(N)c1. The van der Waals surface area contributed by atoms with E-state index >= 15 is 0 Å². The molecule has 0 atom stereocenters. The molecule has 0 saturated carbocycles. The minimum atomic E-state index is 0.587. The molecule has 2 rings (SSSR count). The van der Waals surface area contributed by atoms with Gasteiger partial charge in [0.1, 0.15) is 5.75 Å². The third-order valence-corrected chi connectivity index (χ3v) is 2.53. The molecule has 2 aromatic carbocycles. The van der Waals surface area contributed by atoms with Gasteiger partial charge in [-0.1, -0.05) is 24.3 Å². The van der Waals surface area contributed by atoms with Crippen LogP contribution in [0.4, 0.5) is 11.4 Å². The topological polar surface area (TPSA) is 61.3 Å². The third kappa shape index (κ3) is 2.33. The summed E-state index contributed by atoms with van der Waals surface area (Å²) < 4.78 is 5.60. The summed E-state index contributed by atoms with van der Waals surface area (Å²) in [5, 5.41) is 0. The molecule has 0 saturated heterocycles. The number of rotatable bonds is 3. The molecule has 0 unspecified atom stereocenters. The van der Waals surface area contributed by atoms with Gasteiger partial charge in [0.15, 0.2) is 0 Å². The molecule has 4 N–H and O–H groups in total. The lowest BCUT2D eigenvalue weighted by Crippen LogP contribution is -1.99. The zero-order chi connectivity index (χ0) is 12.3. The van der Waals surface area contributed by atoms with Gasteiger partial charge >= 0.3 is 0 Å². The van der Waals surface area contributed by atoms with Crippen LogP contribution < -0.4 is 16.2 Å². The third-order valence-electron chi connectivity index (χ3n) is 2.53. The maximum atomic E-state index is 5.93. The van der Waals surface area contributed by atoms with Crippen LogP contribution in [0, 0.1) is 0 Å². The predicted molar refractivity (Wildman–Crippen MR) is 71.9 cm³/mol. The molecule has 0 spiro atoms. The van der Waals surface area contributed by atoms with Gasteiger partial charge in [-0.05, 0) is 30.7 Å². The van der Waals surface area contributed by atoms with Crippen molar-refractivity contribution in [3.05, 3.63) is 42.5 Å². The van der Waals surface area contributed by atoms with Crippen molar-refractivity contribution < 1.29 is 4.74 Å². The van der Waals surface area contributed by atoms with Crippen molar-refractivity contribution in [3.63, 3.8) is 0 Å². The van der Waals surface area contributed by atoms with Crippen molar-refractivity contribution in [2.24, 2.45) is 0 Å². The fraction of sp³-hybridized carbons (Fsp3) is 0.143. The van der Waals surface area contributed by atoms with Crippen LogP contribution in [0.3, 0.4) is 0 Å². The maximum absolute atomic E-state index is 5.93. The average molecular weight is 228 g/mol. The molecular formula is C14H16N2O. The van der Waals surface area contributed by atoms with Gasteiger partial charge in [-0.25, -0.2) is 0 Å². The summed E-state index contributed by atoms with van der Waals surface area (Å²) >= 11 is 0. The van der Waals surface area contributed by atoms with Gasteiger partial charge in [-0.15, -0.1) is 0 Å². The Kier molecular flexibility index (Phi) is 3.19. The number of hydrogen-bond donors (Lipinski definition) is 2. The van der Waals surface area contributed by atoms with Gasteiger partial charge in [0.2, 0.25) is 0 Å². The Morgan fingerprint density at radius 3 is 2.53 bits per heavy atom. The summed E-state index contributed by atoms with van der Waals surface area (Å²) in [4.78, 5) is 0. The lowest BCUT2D eigenvalue weighted by Gasteiger charge is -2.13. The lowest BCUT2D eigenvalue weighted by atomic mass is 10.0. The Hall–Kier alpha value is -2.16. The van der Waals surface area contributed by atoms with Gasteiger partial charge in [0.25, 0.3) is 0 Å². The summed E-state index contributed by atoms with van der Waals surface area (Å²) in [6.07, 6.45) is 0. The molecule has 88 valence electrons. The first-order chi connectivity index (χ1) is 8.22. The molecule has 0 aliphatic heterocycles. The Balaban J connectivity index is 2.54. The summed E-state index contributed by atoms with van der Waals surface area (Å²) in [6, 6.07) is 13.4. The van der Waals surface area contributed by atoms with Crippen LogP contribution in [0.25, 0.3) is 11.1 Å². The average Bonchev–Trinajstić information content (AvgIpc) is 2.32. The molecule has 0 radical (unpaired) electrons. The van der Waals surface area contributed by atoms with E-state index in [1.54, 1.807) is 0 Å². The molecule has 0 bridgehead atoms. The Labute approximate surface area is 101 Å². The minimum Gasteiger partial charge on any atom is -0.491 e. The van der Waals surface area contributed by atoms with E-state index < -0.39 is 0 Å². The predicted octanol–water partition coefficient (Wildman–Crippen LogP) is 2.92. The Morgan fingerprint density at radius 2 is 1.82 bits per heavy atom. The number of ether oxygens (including phenoxy) is 1. The van der Waals surface area contributed by atoms with Gasteiger partial charge < -0.3 is 16.2 Å². The van der Waals surface area contributed by atoms with Crippen LogP contribution in [0.2, 0.25) is 0 Å². The molecule has 0 heterocycles. The van der Waals surface area contributed by atoms with E-state index in [0.29, 0.717) is 12.3 Å². The zero-order valence-electron chi connectivity index (χ0n) is 9.81. The summed E-state index contributed by atoms with van der Waals surface area (Å²) in [5.74, 6) is 0.723. The van der Waals surface area contributed by atoms with Crippen molar-refractivity contribution in [1.82, 2.24) is 0 Å².